The molecular formula is C17H25N3O3. The van der Waals surface area contributed by atoms with Crippen molar-refractivity contribution in [3.63, 3.8) is 0 Å². The highest BCUT2D eigenvalue weighted by Gasteiger charge is 2.29. The molecule has 23 heavy (non-hydrogen) atoms. The first kappa shape index (κ1) is 17.3. The van der Waals surface area contributed by atoms with Crippen molar-refractivity contribution in [3.8, 4) is 5.75 Å². The van der Waals surface area contributed by atoms with Crippen LogP contribution in [0, 0.1) is 5.92 Å². The first-order valence-corrected chi connectivity index (χ1v) is 8.19. The Hall–Kier alpha value is -2.08. The molecule has 1 aromatic carbocycles. The Morgan fingerprint density at radius 1 is 1.39 bits per heavy atom. The van der Waals surface area contributed by atoms with Crippen LogP contribution < -0.4 is 16.0 Å². The van der Waals surface area contributed by atoms with Gasteiger partial charge in [-0.1, -0.05) is 25.5 Å². The quantitative estimate of drug-likeness (QED) is 0.362. The molecule has 0 spiro atoms. The Kier molecular flexibility index (Phi) is 6.40. The van der Waals surface area contributed by atoms with Gasteiger partial charge in [-0.05, 0) is 31.4 Å². The third-order valence-corrected chi connectivity index (χ3v) is 4.09. The summed E-state index contributed by atoms with van der Waals surface area (Å²) in [5.41, 5.74) is 2.73. The number of nitrogens with two attached hydrogens (primary N) is 1. The van der Waals surface area contributed by atoms with Crippen LogP contribution in [0.4, 0.5) is 0 Å². The van der Waals surface area contributed by atoms with Gasteiger partial charge in [-0.25, -0.2) is 5.84 Å². The summed E-state index contributed by atoms with van der Waals surface area (Å²) in [5, 5.41) is 0. The number of hydrogen-bond donors (Lipinski definition) is 2. The zero-order chi connectivity index (χ0) is 16.7. The summed E-state index contributed by atoms with van der Waals surface area (Å²) in [4.78, 5) is 26.2. The topological polar surface area (TPSA) is 84.7 Å². The third kappa shape index (κ3) is 4.45. The van der Waals surface area contributed by atoms with Crippen molar-refractivity contribution in [1.29, 1.82) is 0 Å². The van der Waals surface area contributed by atoms with E-state index in [0.29, 0.717) is 31.0 Å². The molecule has 1 atom stereocenters. The Morgan fingerprint density at radius 3 is 2.91 bits per heavy atom. The smallest absolute Gasteiger partial charge is 0.257 e. The molecule has 1 aliphatic rings. The maximum absolute atomic E-state index is 12.8. The second-order valence-corrected chi connectivity index (χ2v) is 5.80. The van der Waals surface area contributed by atoms with Crippen LogP contribution in [-0.2, 0) is 4.79 Å². The Morgan fingerprint density at radius 2 is 2.17 bits per heavy atom. The molecule has 2 amide bonds. The van der Waals surface area contributed by atoms with Crippen LogP contribution in [0.5, 0.6) is 5.75 Å². The number of nitrogens with one attached hydrogen (secondary N) is 1. The van der Waals surface area contributed by atoms with Crippen molar-refractivity contribution in [2.45, 2.75) is 32.6 Å². The van der Waals surface area contributed by atoms with Crippen LogP contribution in [-0.4, -0.2) is 36.4 Å². The number of nitrogens with zero attached hydrogens (tertiary/aromatic N) is 1. The van der Waals surface area contributed by atoms with Gasteiger partial charge in [-0.15, -0.1) is 0 Å². The van der Waals surface area contributed by atoms with Crippen LogP contribution in [0.25, 0.3) is 0 Å². The van der Waals surface area contributed by atoms with Gasteiger partial charge in [0, 0.05) is 13.1 Å². The predicted molar refractivity (Wildman–Crippen MR) is 87.8 cm³/mol. The van der Waals surface area contributed by atoms with E-state index in [2.05, 4.69) is 12.3 Å². The van der Waals surface area contributed by atoms with Crippen molar-refractivity contribution in [2.24, 2.45) is 11.8 Å². The molecule has 0 radical (unpaired) electrons. The van der Waals surface area contributed by atoms with E-state index in [-0.39, 0.29) is 17.7 Å². The van der Waals surface area contributed by atoms with Gasteiger partial charge in [0.25, 0.3) is 5.91 Å². The van der Waals surface area contributed by atoms with Crippen molar-refractivity contribution >= 4 is 11.8 Å². The molecule has 6 nitrogen and oxygen atoms in total. The number of carbonyl (C=O) groups excluding carboxylic acids is 2. The van der Waals surface area contributed by atoms with Crippen molar-refractivity contribution in [1.82, 2.24) is 10.3 Å². The number of piperidine rings is 1. The van der Waals surface area contributed by atoms with Crippen molar-refractivity contribution in [3.05, 3.63) is 29.8 Å². The van der Waals surface area contributed by atoms with Crippen LogP contribution >= 0.6 is 0 Å². The van der Waals surface area contributed by atoms with E-state index in [0.717, 1.165) is 25.7 Å². The number of hydrogen-bond acceptors (Lipinski definition) is 4. The molecule has 0 bridgehead atoms. The Balaban J connectivity index is 2.08. The van der Waals surface area contributed by atoms with Gasteiger partial charge in [0.05, 0.1) is 18.1 Å². The van der Waals surface area contributed by atoms with E-state index in [1.807, 2.05) is 18.2 Å². The summed E-state index contributed by atoms with van der Waals surface area (Å²) in [7, 11) is 0. The van der Waals surface area contributed by atoms with E-state index in [1.165, 1.54) is 0 Å². The third-order valence-electron chi connectivity index (χ3n) is 4.09. The molecule has 2 rings (SSSR count). The number of ether oxygens (including phenoxy) is 1. The fraction of sp³-hybridized carbons (Fsp3) is 0.529. The zero-order valence-electron chi connectivity index (χ0n) is 13.6. The Bertz CT molecular complexity index is 548. The van der Waals surface area contributed by atoms with E-state index in [9.17, 15) is 9.59 Å². The second-order valence-electron chi connectivity index (χ2n) is 5.80. The summed E-state index contributed by atoms with van der Waals surface area (Å²) < 4.78 is 5.74. The molecular weight excluding hydrogens is 294 g/mol. The highest BCUT2D eigenvalue weighted by atomic mass is 16.5. The molecule has 1 saturated heterocycles. The first-order valence-electron chi connectivity index (χ1n) is 8.19. The summed E-state index contributed by atoms with van der Waals surface area (Å²) >= 11 is 0. The van der Waals surface area contributed by atoms with Gasteiger partial charge in [0.15, 0.2) is 0 Å². The molecule has 3 N–H and O–H groups in total. The maximum Gasteiger partial charge on any atom is 0.257 e. The molecule has 1 heterocycles. The minimum atomic E-state index is -0.245. The van der Waals surface area contributed by atoms with E-state index >= 15 is 0 Å². The summed E-state index contributed by atoms with van der Waals surface area (Å²) in [6.07, 6.45) is 3.53. The molecule has 6 heteroatoms. The van der Waals surface area contributed by atoms with Crippen LogP contribution in [0.2, 0.25) is 0 Å². The molecule has 0 aliphatic carbocycles. The highest BCUT2D eigenvalue weighted by Crippen LogP contribution is 2.24. The lowest BCUT2D eigenvalue weighted by molar-refractivity contribution is -0.126. The van der Waals surface area contributed by atoms with Gasteiger partial charge in [-0.2, -0.15) is 0 Å². The molecule has 1 aliphatic heterocycles. The number of carbonyl (C=O) groups is 2. The first-order chi connectivity index (χ1) is 11.2. The minimum absolute atomic E-state index is 0.0911. The van der Waals surface area contributed by atoms with Gasteiger partial charge in [0.2, 0.25) is 5.91 Å². The van der Waals surface area contributed by atoms with Gasteiger partial charge in [-0.3, -0.25) is 15.0 Å². The normalized spacial score (nSPS) is 17.7. The number of hydrazine groups is 1. The fourth-order valence-electron chi connectivity index (χ4n) is 2.76. The monoisotopic (exact) mass is 319 g/mol. The van der Waals surface area contributed by atoms with E-state index in [1.54, 1.807) is 11.0 Å². The molecule has 0 aromatic heterocycles. The summed E-state index contributed by atoms with van der Waals surface area (Å²) in [6.45, 7) is 3.73. The average molecular weight is 319 g/mol. The van der Waals surface area contributed by atoms with E-state index in [4.69, 9.17) is 10.6 Å². The van der Waals surface area contributed by atoms with Gasteiger partial charge < -0.3 is 9.64 Å². The number of rotatable bonds is 6. The van der Waals surface area contributed by atoms with Crippen LogP contribution in [0.3, 0.4) is 0 Å². The molecule has 126 valence electrons. The molecule has 1 aromatic rings. The number of unbranched alkanes of at least 4 members (excludes halogenated alkanes) is 1. The average Bonchev–Trinajstić information content (AvgIpc) is 2.61. The number of likely N-dealkylation sites (tertiary alicyclic amines) is 1. The predicted octanol–water partition coefficient (Wildman–Crippen LogP) is 1.71. The van der Waals surface area contributed by atoms with Crippen LogP contribution in [0.15, 0.2) is 24.3 Å². The lowest BCUT2D eigenvalue weighted by atomic mass is 9.96. The minimum Gasteiger partial charge on any atom is -0.493 e. The number of benzene rings is 1. The zero-order valence-corrected chi connectivity index (χ0v) is 13.6. The largest absolute Gasteiger partial charge is 0.493 e. The molecule has 0 saturated carbocycles. The van der Waals surface area contributed by atoms with Gasteiger partial charge >= 0.3 is 0 Å². The highest BCUT2D eigenvalue weighted by molar-refractivity contribution is 5.97. The SMILES string of the molecule is CCCCOc1ccccc1C(=O)N1CCCC(C(=O)NN)C1. The van der Waals surface area contributed by atoms with Crippen molar-refractivity contribution < 1.29 is 14.3 Å². The van der Waals surface area contributed by atoms with Gasteiger partial charge in [0.1, 0.15) is 5.75 Å². The molecule has 1 fully saturated rings. The number of para-hydroxylation sites is 1. The Labute approximate surface area is 136 Å². The van der Waals surface area contributed by atoms with E-state index < -0.39 is 0 Å². The summed E-state index contributed by atoms with van der Waals surface area (Å²) in [5.74, 6) is 5.26. The standard InChI is InChI=1S/C17H25N3O3/c1-2-3-11-23-15-9-5-4-8-14(15)17(22)20-10-6-7-13(12-20)16(21)19-18/h4-5,8-9,13H,2-3,6-7,10-12,18H2,1H3,(H,19,21). The second kappa shape index (κ2) is 8.53. The number of amides is 2. The van der Waals surface area contributed by atoms with Crippen LogP contribution in [0.1, 0.15) is 43.0 Å². The lowest BCUT2D eigenvalue weighted by Crippen LogP contribution is -2.47. The van der Waals surface area contributed by atoms with Crippen molar-refractivity contribution in [2.75, 3.05) is 19.7 Å². The maximum atomic E-state index is 12.8. The molecule has 1 unspecified atom stereocenters. The lowest BCUT2D eigenvalue weighted by Gasteiger charge is -2.32. The summed E-state index contributed by atoms with van der Waals surface area (Å²) in [6, 6.07) is 7.28. The fourth-order valence-corrected chi connectivity index (χ4v) is 2.76.